The first-order valence-electron chi connectivity index (χ1n) is 8.08. The van der Waals surface area contributed by atoms with Gasteiger partial charge in [-0.25, -0.2) is 4.79 Å². The van der Waals surface area contributed by atoms with Gasteiger partial charge in [0.15, 0.2) is 0 Å². The lowest BCUT2D eigenvalue weighted by atomic mass is 10.2. The number of rotatable bonds is 5. The lowest BCUT2D eigenvalue weighted by molar-refractivity contribution is -0.0249. The third kappa shape index (κ3) is 4.20. The fourth-order valence-corrected chi connectivity index (χ4v) is 3.36. The Morgan fingerprint density at radius 2 is 1.38 bits per heavy atom. The molecule has 0 bridgehead atoms. The molecule has 8 heteroatoms. The lowest BCUT2D eigenvalue weighted by Crippen LogP contribution is -2.43. The minimum atomic E-state index is -4.38. The van der Waals surface area contributed by atoms with Gasteiger partial charge in [-0.1, -0.05) is 36.4 Å². The van der Waals surface area contributed by atoms with Crippen molar-refractivity contribution in [3.05, 3.63) is 66.2 Å². The molecule has 0 spiro atoms. The van der Waals surface area contributed by atoms with E-state index in [1.807, 2.05) is 0 Å². The molecule has 26 heavy (non-hydrogen) atoms. The van der Waals surface area contributed by atoms with Crippen LogP contribution in [0.5, 0.6) is 0 Å². The minimum Gasteiger partial charge on any atom is -0.307 e. The van der Waals surface area contributed by atoms with Gasteiger partial charge in [0, 0.05) is 18.7 Å². The molecule has 0 unspecified atom stereocenters. The molecular formula is C18H20N2O5S. The van der Waals surface area contributed by atoms with Crippen molar-refractivity contribution in [3.63, 3.8) is 0 Å². The quantitative estimate of drug-likeness (QED) is 0.749. The maximum Gasteiger partial charge on any atom is 0.435 e. The largest absolute Gasteiger partial charge is 0.435 e. The van der Waals surface area contributed by atoms with Crippen LogP contribution in [0.25, 0.3) is 0 Å². The molecule has 0 aromatic heterocycles. The van der Waals surface area contributed by atoms with E-state index in [1.165, 1.54) is 41.3 Å². The highest BCUT2D eigenvalue weighted by molar-refractivity contribution is 7.89. The van der Waals surface area contributed by atoms with Crippen LogP contribution in [0.3, 0.4) is 0 Å². The van der Waals surface area contributed by atoms with Crippen LogP contribution >= 0.6 is 0 Å². The van der Waals surface area contributed by atoms with Crippen LogP contribution < -0.4 is 0 Å². The zero-order valence-electron chi connectivity index (χ0n) is 14.5. The molecule has 0 heterocycles. The first-order valence-corrected chi connectivity index (χ1v) is 9.52. The van der Waals surface area contributed by atoms with Gasteiger partial charge in [-0.15, -0.1) is 0 Å². The molecule has 0 saturated carbocycles. The molecule has 2 rings (SSSR count). The van der Waals surface area contributed by atoms with Gasteiger partial charge in [-0.05, 0) is 42.6 Å². The van der Waals surface area contributed by atoms with Gasteiger partial charge in [0.1, 0.15) is 0 Å². The molecule has 0 saturated heterocycles. The molecule has 0 radical (unpaired) electrons. The van der Waals surface area contributed by atoms with Crippen LogP contribution in [0.1, 0.15) is 24.2 Å². The monoisotopic (exact) mass is 376 g/mol. The Bertz CT molecular complexity index is 850. The first-order chi connectivity index (χ1) is 12.4. The molecule has 7 nitrogen and oxygen atoms in total. The van der Waals surface area contributed by atoms with Gasteiger partial charge in [0.2, 0.25) is 0 Å². The SMILES string of the molecule is CCN(CC)C(=O)ON(C(=O)c1ccccc1)S(=O)(=O)c1ccccc1. The Labute approximate surface area is 152 Å². The third-order valence-corrected chi connectivity index (χ3v) is 5.17. The standard InChI is InChI=1S/C18H20N2O5S/c1-3-19(4-2)18(22)25-20(17(21)15-11-7-5-8-12-15)26(23,24)16-13-9-6-10-14-16/h5-14H,3-4H2,1-2H3. The summed E-state index contributed by atoms with van der Waals surface area (Å²) in [4.78, 5) is 31.2. The predicted octanol–water partition coefficient (Wildman–Crippen LogP) is 2.91. The maximum absolute atomic E-state index is 12.9. The predicted molar refractivity (Wildman–Crippen MR) is 95.6 cm³/mol. The van der Waals surface area contributed by atoms with Crippen LogP contribution in [0, 0.1) is 0 Å². The number of sulfonamides is 1. The van der Waals surface area contributed by atoms with Crippen molar-refractivity contribution >= 4 is 22.0 Å². The normalized spacial score (nSPS) is 10.8. The van der Waals surface area contributed by atoms with Crippen LogP contribution in [0.4, 0.5) is 4.79 Å². The zero-order valence-corrected chi connectivity index (χ0v) is 15.3. The Morgan fingerprint density at radius 1 is 0.885 bits per heavy atom. The number of benzene rings is 2. The number of nitrogens with zero attached hydrogens (tertiary/aromatic N) is 2. The Kier molecular flexibility index (Phi) is 6.35. The van der Waals surface area contributed by atoms with E-state index >= 15 is 0 Å². The molecule has 2 aromatic rings. The molecule has 0 aliphatic rings. The molecule has 2 aromatic carbocycles. The second kappa shape index (κ2) is 8.48. The van der Waals surface area contributed by atoms with Gasteiger partial charge < -0.3 is 9.74 Å². The fraction of sp³-hybridized carbons (Fsp3) is 0.222. The minimum absolute atomic E-state index is 0.0827. The average molecular weight is 376 g/mol. The molecule has 2 amide bonds. The molecule has 0 fully saturated rings. The number of hydrogen-bond donors (Lipinski definition) is 0. The smallest absolute Gasteiger partial charge is 0.307 e. The molecule has 0 N–H and O–H groups in total. The fourth-order valence-electron chi connectivity index (χ4n) is 2.18. The second-order valence-electron chi connectivity index (χ2n) is 5.25. The van der Waals surface area contributed by atoms with E-state index in [0.29, 0.717) is 13.1 Å². The number of hydrogen-bond acceptors (Lipinski definition) is 5. The summed E-state index contributed by atoms with van der Waals surface area (Å²) >= 11 is 0. The van der Waals surface area contributed by atoms with E-state index in [2.05, 4.69) is 0 Å². The summed E-state index contributed by atoms with van der Waals surface area (Å²) in [6.45, 7) is 4.07. The summed E-state index contributed by atoms with van der Waals surface area (Å²) in [5.41, 5.74) is 0.0827. The van der Waals surface area contributed by atoms with Gasteiger partial charge in [0.05, 0.1) is 4.90 Å². The van der Waals surface area contributed by atoms with Crippen molar-refractivity contribution in [1.29, 1.82) is 0 Å². The molecule has 138 valence electrons. The van der Waals surface area contributed by atoms with Gasteiger partial charge in [0.25, 0.3) is 10.0 Å². The van der Waals surface area contributed by atoms with Crippen LogP contribution in [0.15, 0.2) is 65.6 Å². The Morgan fingerprint density at radius 3 is 1.88 bits per heavy atom. The van der Waals surface area contributed by atoms with Gasteiger partial charge in [-0.3, -0.25) is 4.79 Å². The van der Waals surface area contributed by atoms with E-state index in [1.54, 1.807) is 38.1 Å². The van der Waals surface area contributed by atoms with Crippen LogP contribution in [0.2, 0.25) is 0 Å². The van der Waals surface area contributed by atoms with Crippen LogP contribution in [-0.2, 0) is 14.9 Å². The van der Waals surface area contributed by atoms with E-state index in [0.717, 1.165) is 0 Å². The topological polar surface area (TPSA) is 84.0 Å². The van der Waals surface area contributed by atoms with E-state index in [4.69, 9.17) is 4.84 Å². The lowest BCUT2D eigenvalue weighted by Gasteiger charge is -2.24. The number of carbonyl (C=O) groups is 2. The summed E-state index contributed by atoms with van der Waals surface area (Å²) in [6, 6.07) is 15.1. The summed E-state index contributed by atoms with van der Waals surface area (Å²) in [5, 5.41) is 0. The second-order valence-corrected chi connectivity index (χ2v) is 7.00. The zero-order chi connectivity index (χ0) is 19.2. The van der Waals surface area contributed by atoms with Crippen molar-refractivity contribution in [2.24, 2.45) is 0 Å². The molecule has 0 aliphatic carbocycles. The summed E-state index contributed by atoms with van der Waals surface area (Å²) in [5.74, 6) is -0.949. The molecule has 0 atom stereocenters. The van der Waals surface area contributed by atoms with Crippen molar-refractivity contribution in [2.75, 3.05) is 13.1 Å². The van der Waals surface area contributed by atoms with Gasteiger partial charge in [-0.2, -0.15) is 8.42 Å². The highest BCUT2D eigenvalue weighted by Gasteiger charge is 2.35. The Hall–Kier alpha value is -2.87. The number of carbonyl (C=O) groups excluding carboxylic acids is 2. The number of hydroxylamine groups is 1. The summed E-state index contributed by atoms with van der Waals surface area (Å²) < 4.78 is 25.9. The van der Waals surface area contributed by atoms with Crippen molar-refractivity contribution in [1.82, 2.24) is 9.37 Å². The van der Waals surface area contributed by atoms with Crippen LogP contribution in [-0.4, -0.2) is 42.9 Å². The Balaban J connectivity index is 2.45. The van der Waals surface area contributed by atoms with Crippen molar-refractivity contribution < 1.29 is 22.8 Å². The highest BCUT2D eigenvalue weighted by Crippen LogP contribution is 2.19. The average Bonchev–Trinajstić information content (AvgIpc) is 2.67. The maximum atomic E-state index is 12.9. The number of amides is 2. The summed E-state index contributed by atoms with van der Waals surface area (Å²) in [7, 11) is -4.38. The third-order valence-electron chi connectivity index (χ3n) is 3.63. The van der Waals surface area contributed by atoms with E-state index in [9.17, 15) is 18.0 Å². The van der Waals surface area contributed by atoms with E-state index < -0.39 is 22.0 Å². The highest BCUT2D eigenvalue weighted by atomic mass is 32.2. The molecular weight excluding hydrogens is 356 g/mol. The van der Waals surface area contributed by atoms with Crippen molar-refractivity contribution in [3.8, 4) is 0 Å². The van der Waals surface area contributed by atoms with Gasteiger partial charge >= 0.3 is 12.0 Å². The molecule has 0 aliphatic heterocycles. The van der Waals surface area contributed by atoms with Crippen molar-refractivity contribution in [2.45, 2.75) is 18.7 Å². The van der Waals surface area contributed by atoms with E-state index in [-0.39, 0.29) is 14.9 Å². The first kappa shape index (κ1) is 19.5. The summed E-state index contributed by atoms with van der Waals surface area (Å²) in [6.07, 6.45) is -0.918.